The zero-order valence-corrected chi connectivity index (χ0v) is 32.1. The summed E-state index contributed by atoms with van der Waals surface area (Å²) in [4.78, 5) is 0. The summed E-state index contributed by atoms with van der Waals surface area (Å²) in [7, 11) is 0.876. The van der Waals surface area contributed by atoms with Gasteiger partial charge in [-0.15, -0.1) is 0 Å². The maximum absolute atomic E-state index is 7.01. The first-order valence-electron chi connectivity index (χ1n) is 19.1. The van der Waals surface area contributed by atoms with E-state index in [-0.39, 0.29) is 13.4 Å². The minimum Gasteiger partial charge on any atom is -0.458 e. The van der Waals surface area contributed by atoms with Crippen molar-refractivity contribution in [2.24, 2.45) is 0 Å². The molecule has 0 saturated heterocycles. The Morgan fingerprint density at radius 2 is 1.31 bits per heavy atom. The lowest BCUT2D eigenvalue weighted by molar-refractivity contribution is 0.487. The van der Waals surface area contributed by atoms with Crippen molar-refractivity contribution in [3.05, 3.63) is 144 Å². The van der Waals surface area contributed by atoms with Gasteiger partial charge < -0.3 is 20.7 Å². The summed E-state index contributed by atoms with van der Waals surface area (Å²) in [6.07, 6.45) is 2.18. The van der Waals surface area contributed by atoms with Gasteiger partial charge in [0.1, 0.15) is 11.5 Å². The average molecular weight is 726 g/mol. The lowest BCUT2D eigenvalue weighted by Gasteiger charge is -2.41. The summed E-state index contributed by atoms with van der Waals surface area (Å²) in [6.45, 7) is 6.70. The van der Waals surface area contributed by atoms with Gasteiger partial charge in [0, 0.05) is 52.1 Å². The van der Waals surface area contributed by atoms with Crippen molar-refractivity contribution in [1.29, 1.82) is 0 Å². The van der Waals surface area contributed by atoms with Crippen LogP contribution in [0.2, 0.25) is 0 Å². The van der Waals surface area contributed by atoms with Crippen molar-refractivity contribution in [3.8, 4) is 11.5 Å². The number of rotatable bonds is 5. The van der Waals surface area contributed by atoms with E-state index >= 15 is 0 Å². The Kier molecular flexibility index (Phi) is 7.27. The first-order valence-corrected chi connectivity index (χ1v) is 20.3. The number of benzene rings is 7. The first kappa shape index (κ1) is 32.5. The van der Waals surface area contributed by atoms with Crippen LogP contribution in [0.3, 0.4) is 0 Å². The Bertz CT molecular complexity index is 2760. The lowest BCUT2D eigenvalue weighted by Crippen LogP contribution is -2.63. The van der Waals surface area contributed by atoms with Crippen LogP contribution in [0.4, 0.5) is 45.5 Å². The number of nitrogens with zero attached hydrogens (tertiary/aromatic N) is 1. The molecule has 11 rings (SSSR count). The number of hydrogen-bond acceptors (Lipinski definition) is 6. The van der Waals surface area contributed by atoms with Crippen molar-refractivity contribution in [3.63, 3.8) is 0 Å². The molecule has 0 fully saturated rings. The van der Waals surface area contributed by atoms with E-state index in [4.69, 9.17) is 4.74 Å². The third-order valence-corrected chi connectivity index (χ3v) is 12.7. The van der Waals surface area contributed by atoms with Gasteiger partial charge in [-0.1, -0.05) is 94.8 Å². The SMILES string of the molecule is CSN1c2cc3c(cc2B2c4cc(Bc5ccccc5C)c(C)cc4Oc4cc(Nc5ccccc5)cc1c42)B1c2ccccc2Nc2cc(C)cc(c21)N3. The highest BCUT2D eigenvalue weighted by molar-refractivity contribution is 8.00. The number of ether oxygens (including phenoxy) is 1. The first-order chi connectivity index (χ1) is 26.9. The minimum absolute atomic E-state index is 0.0182. The van der Waals surface area contributed by atoms with E-state index in [0.717, 1.165) is 41.5 Å². The second-order valence-corrected chi connectivity index (χ2v) is 16.1. The van der Waals surface area contributed by atoms with E-state index in [9.17, 15) is 0 Å². The molecular formula is C46H37B3N4OS. The quantitative estimate of drug-likeness (QED) is 0.156. The molecule has 0 aromatic heterocycles. The minimum atomic E-state index is -0.0182. The standard InChI is InChI=1S/C46H37B3N4OS/c1-26-18-39-45-40(19-26)52-38-25-41-35(24-34(38)48(45)33-16-10-11-17-37(33)51-39)49-36-23-32(47-31-15-9-8-12-27(31)2)28(3)20-43(36)54-44-22-30(50-29-13-6-5-7-14-29)21-42(46(44)49)53(41)55-4/h5-25,47,50-52H,1-4H3. The second kappa shape index (κ2) is 12.3. The van der Waals surface area contributed by atoms with Crippen LogP contribution in [0.15, 0.2) is 127 Å². The Morgan fingerprint density at radius 3 is 2.13 bits per heavy atom. The zero-order valence-electron chi connectivity index (χ0n) is 31.2. The number of nitrogens with one attached hydrogen (secondary N) is 3. The van der Waals surface area contributed by atoms with Crippen LogP contribution in [-0.2, 0) is 0 Å². The highest BCUT2D eigenvalue weighted by Crippen LogP contribution is 2.43. The molecule has 0 bridgehead atoms. The molecule has 0 aliphatic carbocycles. The van der Waals surface area contributed by atoms with Gasteiger partial charge in [0.05, 0.1) is 5.69 Å². The molecule has 5 nitrogen and oxygen atoms in total. The Labute approximate surface area is 328 Å². The maximum atomic E-state index is 7.01. The van der Waals surface area contributed by atoms with Crippen LogP contribution in [0.25, 0.3) is 0 Å². The molecule has 0 atom stereocenters. The van der Waals surface area contributed by atoms with Crippen molar-refractivity contribution in [2.75, 3.05) is 26.5 Å². The van der Waals surface area contributed by atoms with Crippen LogP contribution >= 0.6 is 11.9 Å². The zero-order chi connectivity index (χ0) is 36.9. The summed E-state index contributed by atoms with van der Waals surface area (Å²) in [5.41, 5.74) is 23.2. The number of aryl methyl sites for hydroxylation is 3. The molecule has 4 aliphatic heterocycles. The molecule has 0 amide bonds. The van der Waals surface area contributed by atoms with Crippen LogP contribution in [0.1, 0.15) is 16.7 Å². The molecule has 7 aromatic rings. The number of fused-ring (bicyclic) bond motifs is 8. The molecular weight excluding hydrogens is 689 g/mol. The monoisotopic (exact) mass is 726 g/mol. The molecule has 4 aliphatic rings. The van der Waals surface area contributed by atoms with Gasteiger partial charge in [-0.3, -0.25) is 4.31 Å². The fourth-order valence-corrected chi connectivity index (χ4v) is 10.1. The maximum Gasteiger partial charge on any atom is 0.256 e. The fourth-order valence-electron chi connectivity index (χ4n) is 9.43. The predicted molar refractivity (Wildman–Crippen MR) is 241 cm³/mol. The van der Waals surface area contributed by atoms with Gasteiger partial charge in [0.25, 0.3) is 13.4 Å². The van der Waals surface area contributed by atoms with E-state index in [1.54, 1.807) is 11.9 Å². The van der Waals surface area contributed by atoms with Gasteiger partial charge in [-0.05, 0) is 120 Å². The number of para-hydroxylation sites is 2. The van der Waals surface area contributed by atoms with Gasteiger partial charge in [0.2, 0.25) is 0 Å². The molecule has 262 valence electrons. The molecule has 0 unspecified atom stereocenters. The Morgan fingerprint density at radius 1 is 0.564 bits per heavy atom. The van der Waals surface area contributed by atoms with Gasteiger partial charge in [0.15, 0.2) is 7.28 Å². The largest absolute Gasteiger partial charge is 0.458 e. The molecule has 0 radical (unpaired) electrons. The normalized spacial score (nSPS) is 13.5. The van der Waals surface area contributed by atoms with Crippen LogP contribution < -0.4 is 68.7 Å². The van der Waals surface area contributed by atoms with Gasteiger partial charge >= 0.3 is 0 Å². The number of hydrogen-bond donors (Lipinski definition) is 3. The van der Waals surface area contributed by atoms with E-state index in [1.807, 2.05) is 6.07 Å². The van der Waals surface area contributed by atoms with Crippen molar-refractivity contribution >= 4 is 122 Å². The van der Waals surface area contributed by atoms with Crippen molar-refractivity contribution < 1.29 is 4.74 Å². The summed E-state index contributed by atoms with van der Waals surface area (Å²) < 4.78 is 9.42. The van der Waals surface area contributed by atoms with Crippen molar-refractivity contribution in [2.45, 2.75) is 20.8 Å². The van der Waals surface area contributed by atoms with E-state index in [0.29, 0.717) is 0 Å². The Balaban J connectivity index is 1.15. The van der Waals surface area contributed by atoms with Gasteiger partial charge in [-0.2, -0.15) is 0 Å². The fraction of sp³-hybridized carbons (Fsp3) is 0.0870. The summed E-state index contributed by atoms with van der Waals surface area (Å²) in [5.74, 6) is 1.83. The smallest absolute Gasteiger partial charge is 0.256 e. The lowest BCUT2D eigenvalue weighted by atomic mass is 9.30. The van der Waals surface area contributed by atoms with E-state index in [1.165, 1.54) is 83.1 Å². The number of anilines is 8. The van der Waals surface area contributed by atoms with Crippen LogP contribution in [0, 0.1) is 20.8 Å². The third-order valence-electron chi connectivity index (χ3n) is 12.0. The molecule has 4 heterocycles. The summed E-state index contributed by atoms with van der Waals surface area (Å²) in [6, 6.07) is 46.7. The van der Waals surface area contributed by atoms with E-state index < -0.39 is 0 Å². The molecule has 55 heavy (non-hydrogen) atoms. The average Bonchev–Trinajstić information content (AvgIpc) is 3.18. The summed E-state index contributed by atoms with van der Waals surface area (Å²) in [5, 5.41) is 11.4. The summed E-state index contributed by atoms with van der Waals surface area (Å²) >= 11 is 1.74. The molecule has 0 saturated carbocycles. The van der Waals surface area contributed by atoms with E-state index in [2.05, 4.69) is 169 Å². The third kappa shape index (κ3) is 5.06. The van der Waals surface area contributed by atoms with Crippen LogP contribution in [-0.4, -0.2) is 27.0 Å². The molecule has 0 spiro atoms. The Hall–Kier alpha value is -5.92. The highest BCUT2D eigenvalue weighted by Gasteiger charge is 2.45. The van der Waals surface area contributed by atoms with Gasteiger partial charge in [-0.25, -0.2) is 0 Å². The predicted octanol–water partition coefficient (Wildman–Crippen LogP) is 5.72. The second-order valence-electron chi connectivity index (χ2n) is 15.4. The molecule has 9 heteroatoms. The highest BCUT2D eigenvalue weighted by atomic mass is 32.2. The van der Waals surface area contributed by atoms with Crippen molar-refractivity contribution in [1.82, 2.24) is 0 Å². The topological polar surface area (TPSA) is 48.6 Å². The molecule has 3 N–H and O–H groups in total. The van der Waals surface area contributed by atoms with Crippen LogP contribution in [0.5, 0.6) is 11.5 Å². The molecule has 7 aromatic carbocycles.